The highest BCUT2D eigenvalue weighted by Crippen LogP contribution is 2.21. The van der Waals surface area contributed by atoms with Crippen LogP contribution in [0.2, 0.25) is 0 Å². The molecule has 3 rings (SSSR count). The molecule has 124 valence electrons. The van der Waals surface area contributed by atoms with Crippen LogP contribution in [0.3, 0.4) is 0 Å². The van der Waals surface area contributed by atoms with E-state index in [0.29, 0.717) is 25.0 Å². The molecule has 1 atom stereocenters. The Labute approximate surface area is 128 Å². The molecule has 3 heterocycles. The SMILES string of the molecule is FC(F)(F)CN1CCC(NCC2CCc3nccn3C2)CC1. The van der Waals surface area contributed by atoms with E-state index in [0.717, 1.165) is 44.6 Å². The number of rotatable bonds is 4. The molecule has 4 nitrogen and oxygen atoms in total. The molecule has 1 aromatic rings. The lowest BCUT2D eigenvalue weighted by atomic mass is 9.98. The third-order valence-corrected chi connectivity index (χ3v) is 4.72. The summed E-state index contributed by atoms with van der Waals surface area (Å²) in [4.78, 5) is 5.83. The Morgan fingerprint density at radius 2 is 2.00 bits per heavy atom. The van der Waals surface area contributed by atoms with Gasteiger partial charge in [0, 0.05) is 31.4 Å². The van der Waals surface area contributed by atoms with Gasteiger partial charge in [0.05, 0.1) is 6.54 Å². The number of halogens is 3. The van der Waals surface area contributed by atoms with Crippen molar-refractivity contribution in [3.8, 4) is 0 Å². The van der Waals surface area contributed by atoms with Crippen LogP contribution in [-0.4, -0.2) is 52.8 Å². The minimum Gasteiger partial charge on any atom is -0.335 e. The van der Waals surface area contributed by atoms with Gasteiger partial charge in [-0.1, -0.05) is 0 Å². The van der Waals surface area contributed by atoms with Gasteiger partial charge in [-0.15, -0.1) is 0 Å². The molecular formula is C15H23F3N4. The minimum atomic E-state index is -4.08. The van der Waals surface area contributed by atoms with Gasteiger partial charge in [-0.25, -0.2) is 4.98 Å². The molecule has 22 heavy (non-hydrogen) atoms. The first kappa shape index (κ1) is 15.8. The maximum atomic E-state index is 12.4. The van der Waals surface area contributed by atoms with Crippen molar-refractivity contribution >= 4 is 0 Å². The number of piperidine rings is 1. The van der Waals surface area contributed by atoms with Crippen molar-refractivity contribution in [1.82, 2.24) is 19.8 Å². The van der Waals surface area contributed by atoms with Crippen molar-refractivity contribution in [1.29, 1.82) is 0 Å². The van der Waals surface area contributed by atoms with E-state index in [1.807, 2.05) is 12.4 Å². The summed E-state index contributed by atoms with van der Waals surface area (Å²) in [5.74, 6) is 1.76. The second-order valence-electron chi connectivity index (χ2n) is 6.47. The fourth-order valence-corrected chi connectivity index (χ4v) is 3.49. The average molecular weight is 316 g/mol. The van der Waals surface area contributed by atoms with E-state index in [9.17, 15) is 13.2 Å². The summed E-state index contributed by atoms with van der Waals surface area (Å²) in [6, 6.07) is 0.355. The molecule has 0 aromatic carbocycles. The number of nitrogens with one attached hydrogen (secondary N) is 1. The summed E-state index contributed by atoms with van der Waals surface area (Å²) in [5, 5.41) is 3.56. The highest BCUT2D eigenvalue weighted by molar-refractivity contribution is 4.97. The molecule has 0 radical (unpaired) electrons. The summed E-state index contributed by atoms with van der Waals surface area (Å²) < 4.78 is 39.3. The maximum Gasteiger partial charge on any atom is 0.401 e. The number of likely N-dealkylation sites (tertiary alicyclic amines) is 1. The van der Waals surface area contributed by atoms with Gasteiger partial charge < -0.3 is 9.88 Å². The molecule has 1 unspecified atom stereocenters. The fraction of sp³-hybridized carbons (Fsp3) is 0.800. The van der Waals surface area contributed by atoms with Crippen LogP contribution in [0.4, 0.5) is 13.2 Å². The zero-order chi connectivity index (χ0) is 15.6. The smallest absolute Gasteiger partial charge is 0.335 e. The topological polar surface area (TPSA) is 33.1 Å². The maximum absolute atomic E-state index is 12.4. The Balaban J connectivity index is 1.37. The van der Waals surface area contributed by atoms with Gasteiger partial charge in [-0.3, -0.25) is 4.90 Å². The van der Waals surface area contributed by atoms with Crippen LogP contribution >= 0.6 is 0 Å². The predicted octanol–water partition coefficient (Wildman–Crippen LogP) is 2.06. The van der Waals surface area contributed by atoms with E-state index < -0.39 is 12.7 Å². The number of imidazole rings is 1. The summed E-state index contributed by atoms with van der Waals surface area (Å²) in [5.41, 5.74) is 0. The van der Waals surface area contributed by atoms with Crippen LogP contribution < -0.4 is 5.32 Å². The second kappa shape index (κ2) is 6.58. The quantitative estimate of drug-likeness (QED) is 0.923. The van der Waals surface area contributed by atoms with Crippen molar-refractivity contribution < 1.29 is 13.2 Å². The van der Waals surface area contributed by atoms with E-state index in [1.54, 1.807) is 0 Å². The van der Waals surface area contributed by atoms with Gasteiger partial charge in [0.25, 0.3) is 0 Å². The summed E-state index contributed by atoms with van der Waals surface area (Å²) in [7, 11) is 0. The second-order valence-corrected chi connectivity index (χ2v) is 6.47. The molecule has 0 amide bonds. The first-order valence-electron chi connectivity index (χ1n) is 8.02. The first-order valence-corrected chi connectivity index (χ1v) is 8.02. The van der Waals surface area contributed by atoms with Gasteiger partial charge >= 0.3 is 6.18 Å². The van der Waals surface area contributed by atoms with Gasteiger partial charge in [-0.2, -0.15) is 13.2 Å². The van der Waals surface area contributed by atoms with Gasteiger partial charge in [0.15, 0.2) is 0 Å². The molecule has 1 saturated heterocycles. The molecule has 0 bridgehead atoms. The Hall–Kier alpha value is -1.08. The van der Waals surface area contributed by atoms with Crippen LogP contribution in [0.25, 0.3) is 0 Å². The largest absolute Gasteiger partial charge is 0.401 e. The van der Waals surface area contributed by atoms with E-state index in [2.05, 4.69) is 14.9 Å². The van der Waals surface area contributed by atoms with E-state index in [4.69, 9.17) is 0 Å². The van der Waals surface area contributed by atoms with E-state index in [1.165, 1.54) is 4.90 Å². The standard InChI is InChI=1S/C15H23F3N4/c16-15(17,18)11-21-6-3-13(4-7-21)20-9-12-1-2-14-19-5-8-22(14)10-12/h5,8,12-13,20H,1-4,6-7,9-11H2. The number of aryl methyl sites for hydroxylation is 1. The van der Waals surface area contributed by atoms with Crippen LogP contribution in [0.15, 0.2) is 12.4 Å². The van der Waals surface area contributed by atoms with Gasteiger partial charge in [0.2, 0.25) is 0 Å². The van der Waals surface area contributed by atoms with Crippen molar-refractivity contribution in [3.63, 3.8) is 0 Å². The number of hydrogen-bond donors (Lipinski definition) is 1. The molecule has 0 aliphatic carbocycles. The monoisotopic (exact) mass is 316 g/mol. The van der Waals surface area contributed by atoms with E-state index in [-0.39, 0.29) is 0 Å². The molecule has 7 heteroatoms. The third kappa shape index (κ3) is 4.23. The van der Waals surface area contributed by atoms with E-state index >= 15 is 0 Å². The highest BCUT2D eigenvalue weighted by Gasteiger charge is 2.32. The fourth-order valence-electron chi connectivity index (χ4n) is 3.49. The lowest BCUT2D eigenvalue weighted by Gasteiger charge is -2.34. The van der Waals surface area contributed by atoms with Crippen LogP contribution in [-0.2, 0) is 13.0 Å². The Morgan fingerprint density at radius 1 is 1.23 bits per heavy atom. The Morgan fingerprint density at radius 3 is 2.73 bits per heavy atom. The van der Waals surface area contributed by atoms with Crippen LogP contribution in [0.1, 0.15) is 25.1 Å². The number of fused-ring (bicyclic) bond motifs is 1. The van der Waals surface area contributed by atoms with Crippen molar-refractivity contribution in [2.75, 3.05) is 26.2 Å². The van der Waals surface area contributed by atoms with Crippen molar-refractivity contribution in [3.05, 3.63) is 18.2 Å². The summed E-state index contributed by atoms with van der Waals surface area (Å²) >= 11 is 0. The molecule has 2 aliphatic rings. The zero-order valence-electron chi connectivity index (χ0n) is 12.6. The number of alkyl halides is 3. The highest BCUT2D eigenvalue weighted by atomic mass is 19.4. The molecule has 1 N–H and O–H groups in total. The molecule has 0 spiro atoms. The normalized spacial score (nSPS) is 24.4. The van der Waals surface area contributed by atoms with Crippen molar-refractivity contribution in [2.45, 2.75) is 44.4 Å². The average Bonchev–Trinajstić information content (AvgIpc) is 2.92. The number of aromatic nitrogens is 2. The van der Waals surface area contributed by atoms with Gasteiger partial charge in [-0.05, 0) is 44.8 Å². The summed E-state index contributed by atoms with van der Waals surface area (Å²) in [6.07, 6.45) is 3.56. The Bertz CT molecular complexity index is 477. The lowest BCUT2D eigenvalue weighted by Crippen LogP contribution is -2.46. The van der Waals surface area contributed by atoms with Crippen LogP contribution in [0, 0.1) is 5.92 Å². The third-order valence-electron chi connectivity index (χ3n) is 4.72. The zero-order valence-corrected chi connectivity index (χ0v) is 12.6. The Kier molecular flexibility index (Phi) is 4.73. The first-order chi connectivity index (χ1) is 10.5. The summed E-state index contributed by atoms with van der Waals surface area (Å²) in [6.45, 7) is 2.24. The lowest BCUT2D eigenvalue weighted by molar-refractivity contribution is -0.148. The molecular weight excluding hydrogens is 293 g/mol. The molecule has 2 aliphatic heterocycles. The molecule has 0 saturated carbocycles. The molecule has 1 fully saturated rings. The number of nitrogens with zero attached hydrogens (tertiary/aromatic N) is 3. The van der Waals surface area contributed by atoms with Crippen LogP contribution in [0.5, 0.6) is 0 Å². The predicted molar refractivity (Wildman–Crippen MR) is 77.6 cm³/mol. The van der Waals surface area contributed by atoms with Gasteiger partial charge in [0.1, 0.15) is 5.82 Å². The minimum absolute atomic E-state index is 0.355. The number of hydrogen-bond acceptors (Lipinski definition) is 3. The van der Waals surface area contributed by atoms with Crippen molar-refractivity contribution in [2.24, 2.45) is 5.92 Å². The molecule has 1 aromatic heterocycles.